The van der Waals surface area contributed by atoms with E-state index < -0.39 is 0 Å². The summed E-state index contributed by atoms with van der Waals surface area (Å²) in [5.41, 5.74) is 6.51. The first kappa shape index (κ1) is 18.0. The number of rotatable bonds is 9. The van der Waals surface area contributed by atoms with E-state index in [2.05, 4.69) is 0 Å². The molecule has 6 heteroatoms. The SMILES string of the molecule is Cl.NCc1c(OCCCO)cccc1OCCCO. The van der Waals surface area contributed by atoms with Gasteiger partial charge in [-0.1, -0.05) is 6.07 Å². The van der Waals surface area contributed by atoms with E-state index in [9.17, 15) is 0 Å². The standard InChI is InChI=1S/C13H21NO4.ClH/c14-10-11-12(17-8-2-6-15)4-1-5-13(11)18-9-3-7-16;/h1,4-5,15-16H,2-3,6-10,14H2;1H. The summed E-state index contributed by atoms with van der Waals surface area (Å²) in [4.78, 5) is 0. The average Bonchev–Trinajstić information content (AvgIpc) is 2.39. The number of aliphatic hydroxyl groups is 2. The second-order valence-electron chi connectivity index (χ2n) is 3.79. The van der Waals surface area contributed by atoms with Gasteiger partial charge in [-0.15, -0.1) is 12.4 Å². The fraction of sp³-hybridized carbons (Fsp3) is 0.538. The summed E-state index contributed by atoms with van der Waals surface area (Å²) < 4.78 is 11.1. The van der Waals surface area contributed by atoms with E-state index >= 15 is 0 Å². The summed E-state index contributed by atoms with van der Waals surface area (Å²) >= 11 is 0. The highest BCUT2D eigenvalue weighted by Gasteiger charge is 2.09. The highest BCUT2D eigenvalue weighted by Crippen LogP contribution is 2.28. The first-order valence-electron chi connectivity index (χ1n) is 6.12. The molecule has 0 saturated heterocycles. The molecule has 110 valence electrons. The van der Waals surface area contributed by atoms with Crippen LogP contribution in [0.25, 0.3) is 0 Å². The van der Waals surface area contributed by atoms with Crippen molar-refractivity contribution >= 4 is 12.4 Å². The zero-order valence-electron chi connectivity index (χ0n) is 10.9. The van der Waals surface area contributed by atoms with E-state index in [4.69, 9.17) is 25.4 Å². The Morgan fingerprint density at radius 2 is 1.42 bits per heavy atom. The van der Waals surface area contributed by atoms with Crippen LogP contribution in [0.5, 0.6) is 11.5 Å². The van der Waals surface area contributed by atoms with Crippen LogP contribution in [0.2, 0.25) is 0 Å². The molecule has 4 N–H and O–H groups in total. The lowest BCUT2D eigenvalue weighted by Crippen LogP contribution is -2.08. The van der Waals surface area contributed by atoms with Gasteiger partial charge in [0.1, 0.15) is 11.5 Å². The maximum atomic E-state index is 8.72. The number of nitrogens with two attached hydrogens (primary N) is 1. The van der Waals surface area contributed by atoms with Crippen LogP contribution < -0.4 is 15.2 Å². The third kappa shape index (κ3) is 6.11. The third-order valence-corrected chi connectivity index (χ3v) is 2.41. The van der Waals surface area contributed by atoms with Crippen molar-refractivity contribution in [1.29, 1.82) is 0 Å². The number of hydrogen-bond acceptors (Lipinski definition) is 5. The maximum absolute atomic E-state index is 8.72. The van der Waals surface area contributed by atoms with Crippen LogP contribution in [0.15, 0.2) is 18.2 Å². The number of hydrogen-bond donors (Lipinski definition) is 3. The Labute approximate surface area is 119 Å². The Hall–Kier alpha value is -1.01. The first-order valence-corrected chi connectivity index (χ1v) is 6.12. The Balaban J connectivity index is 0.00000324. The first-order chi connectivity index (χ1) is 8.83. The largest absolute Gasteiger partial charge is 0.493 e. The van der Waals surface area contributed by atoms with Crippen LogP contribution in [0.3, 0.4) is 0 Å². The molecule has 0 heterocycles. The molecule has 0 unspecified atom stereocenters. The fourth-order valence-corrected chi connectivity index (χ4v) is 1.51. The number of halogens is 1. The van der Waals surface area contributed by atoms with Gasteiger partial charge in [-0.25, -0.2) is 0 Å². The molecule has 0 aliphatic rings. The van der Waals surface area contributed by atoms with E-state index in [1.807, 2.05) is 18.2 Å². The lowest BCUT2D eigenvalue weighted by molar-refractivity contribution is 0.225. The van der Waals surface area contributed by atoms with Crippen LogP contribution in [0, 0.1) is 0 Å². The van der Waals surface area contributed by atoms with E-state index in [1.165, 1.54) is 0 Å². The Morgan fingerprint density at radius 1 is 0.947 bits per heavy atom. The molecule has 0 aliphatic heterocycles. The van der Waals surface area contributed by atoms with E-state index in [1.54, 1.807) is 0 Å². The molecule has 1 aromatic rings. The molecule has 0 radical (unpaired) electrons. The Kier molecular flexibility index (Phi) is 10.3. The number of ether oxygens (including phenoxy) is 2. The lowest BCUT2D eigenvalue weighted by Gasteiger charge is -2.14. The van der Waals surface area contributed by atoms with Crippen molar-refractivity contribution in [3.8, 4) is 11.5 Å². The molecule has 0 spiro atoms. The van der Waals surface area contributed by atoms with Gasteiger partial charge in [-0.05, 0) is 12.1 Å². The molecule has 0 aliphatic carbocycles. The highest BCUT2D eigenvalue weighted by atomic mass is 35.5. The lowest BCUT2D eigenvalue weighted by atomic mass is 10.2. The van der Waals surface area contributed by atoms with Crippen LogP contribution in [-0.2, 0) is 6.54 Å². The van der Waals surface area contributed by atoms with Gasteiger partial charge < -0.3 is 25.4 Å². The van der Waals surface area contributed by atoms with Gasteiger partial charge in [0, 0.05) is 38.2 Å². The quantitative estimate of drug-likeness (QED) is 0.593. The molecular formula is C13H22ClNO4. The summed E-state index contributed by atoms with van der Waals surface area (Å²) in [7, 11) is 0. The van der Waals surface area contributed by atoms with Gasteiger partial charge in [0.05, 0.1) is 13.2 Å². The van der Waals surface area contributed by atoms with Crippen LogP contribution in [0.1, 0.15) is 18.4 Å². The van der Waals surface area contributed by atoms with Gasteiger partial charge >= 0.3 is 0 Å². The van der Waals surface area contributed by atoms with Crippen LogP contribution in [-0.4, -0.2) is 36.6 Å². The molecule has 5 nitrogen and oxygen atoms in total. The monoisotopic (exact) mass is 291 g/mol. The second kappa shape index (κ2) is 10.9. The van der Waals surface area contributed by atoms with E-state index in [-0.39, 0.29) is 25.6 Å². The topological polar surface area (TPSA) is 84.9 Å². The van der Waals surface area contributed by atoms with Crippen molar-refractivity contribution in [2.24, 2.45) is 5.73 Å². The molecule has 0 saturated carbocycles. The molecule has 0 atom stereocenters. The predicted molar refractivity (Wildman–Crippen MR) is 76.0 cm³/mol. The summed E-state index contributed by atoms with van der Waals surface area (Å²) in [5.74, 6) is 1.37. The minimum atomic E-state index is 0. The van der Waals surface area contributed by atoms with Gasteiger partial charge in [-0.2, -0.15) is 0 Å². The van der Waals surface area contributed by atoms with E-state index in [0.29, 0.717) is 44.1 Å². The molecule has 0 fully saturated rings. The van der Waals surface area contributed by atoms with Crippen LogP contribution in [0.4, 0.5) is 0 Å². The molecule has 0 aromatic heterocycles. The van der Waals surface area contributed by atoms with Crippen molar-refractivity contribution in [2.45, 2.75) is 19.4 Å². The maximum Gasteiger partial charge on any atom is 0.127 e. The second-order valence-corrected chi connectivity index (χ2v) is 3.79. The molecule has 0 bridgehead atoms. The Bertz CT molecular complexity index is 321. The smallest absolute Gasteiger partial charge is 0.127 e. The molecule has 19 heavy (non-hydrogen) atoms. The van der Waals surface area contributed by atoms with Crippen molar-refractivity contribution in [2.75, 3.05) is 26.4 Å². The van der Waals surface area contributed by atoms with Crippen molar-refractivity contribution < 1.29 is 19.7 Å². The summed E-state index contributed by atoms with van der Waals surface area (Å²) in [5, 5.41) is 17.4. The molecule has 0 amide bonds. The summed E-state index contributed by atoms with van der Waals surface area (Å²) in [6.07, 6.45) is 1.17. The molecule has 1 aromatic carbocycles. The van der Waals surface area contributed by atoms with Crippen molar-refractivity contribution in [1.82, 2.24) is 0 Å². The van der Waals surface area contributed by atoms with Crippen molar-refractivity contribution in [3.63, 3.8) is 0 Å². The molecule has 1 rings (SSSR count). The van der Waals surface area contributed by atoms with Gasteiger partial charge in [0.2, 0.25) is 0 Å². The fourth-order valence-electron chi connectivity index (χ4n) is 1.51. The zero-order chi connectivity index (χ0) is 13.2. The van der Waals surface area contributed by atoms with Crippen LogP contribution >= 0.6 is 12.4 Å². The van der Waals surface area contributed by atoms with Gasteiger partial charge in [0.15, 0.2) is 0 Å². The minimum Gasteiger partial charge on any atom is -0.493 e. The van der Waals surface area contributed by atoms with Gasteiger partial charge in [0.25, 0.3) is 0 Å². The van der Waals surface area contributed by atoms with Gasteiger partial charge in [-0.3, -0.25) is 0 Å². The third-order valence-electron chi connectivity index (χ3n) is 2.41. The highest BCUT2D eigenvalue weighted by molar-refractivity contribution is 5.85. The minimum absolute atomic E-state index is 0. The number of aliphatic hydroxyl groups excluding tert-OH is 2. The summed E-state index contributed by atoms with van der Waals surface area (Å²) in [6.45, 7) is 1.42. The normalized spacial score (nSPS) is 9.84. The van der Waals surface area contributed by atoms with E-state index in [0.717, 1.165) is 5.56 Å². The number of benzene rings is 1. The molecular weight excluding hydrogens is 270 g/mol. The van der Waals surface area contributed by atoms with Crippen molar-refractivity contribution in [3.05, 3.63) is 23.8 Å². The zero-order valence-corrected chi connectivity index (χ0v) is 11.7. The average molecular weight is 292 g/mol. The predicted octanol–water partition coefficient (Wildman–Crippen LogP) is 1.09. The summed E-state index contributed by atoms with van der Waals surface area (Å²) in [6, 6.07) is 5.50. The Morgan fingerprint density at radius 3 is 1.79 bits per heavy atom.